The van der Waals surface area contributed by atoms with Crippen LogP contribution in [0.2, 0.25) is 0 Å². The zero-order valence-electron chi connectivity index (χ0n) is 15.0. The maximum Gasteiger partial charge on any atom is 0.271 e. The molecule has 0 heterocycles. The smallest absolute Gasteiger partial charge is 0.271 e. The number of amides is 1. The summed E-state index contributed by atoms with van der Waals surface area (Å²) < 4.78 is 5.64. The Balaban J connectivity index is 1.59. The lowest BCUT2D eigenvalue weighted by Gasteiger charge is -2.08. The van der Waals surface area contributed by atoms with E-state index in [1.165, 1.54) is 0 Å². The predicted octanol–water partition coefficient (Wildman–Crippen LogP) is 4.64. The highest BCUT2D eigenvalue weighted by Crippen LogP contribution is 2.15. The van der Waals surface area contributed by atoms with Crippen LogP contribution in [0, 0.1) is 5.92 Å². The summed E-state index contributed by atoms with van der Waals surface area (Å²) in [6, 6.07) is 21.1. The van der Waals surface area contributed by atoms with E-state index in [9.17, 15) is 4.79 Å². The highest BCUT2D eigenvalue weighted by Gasteiger charge is 2.05. The van der Waals surface area contributed by atoms with Crippen molar-refractivity contribution in [3.63, 3.8) is 0 Å². The Morgan fingerprint density at radius 3 is 2.50 bits per heavy atom. The van der Waals surface area contributed by atoms with E-state index in [2.05, 4.69) is 24.4 Å². The summed E-state index contributed by atoms with van der Waals surface area (Å²) in [5.74, 6) is 1.08. The van der Waals surface area contributed by atoms with Gasteiger partial charge in [-0.3, -0.25) is 4.79 Å². The monoisotopic (exact) mass is 346 g/mol. The Labute approximate surface area is 153 Å². The SMILES string of the molecule is CC(C)COc1ccc(/C=N\NC(=O)c2ccc3ccccc3c2)cc1. The third kappa shape index (κ3) is 4.70. The summed E-state index contributed by atoms with van der Waals surface area (Å²) in [5.41, 5.74) is 4.04. The van der Waals surface area contributed by atoms with Crippen LogP contribution in [0.15, 0.2) is 71.8 Å². The van der Waals surface area contributed by atoms with Crippen molar-refractivity contribution in [1.29, 1.82) is 0 Å². The Bertz CT molecular complexity index is 915. The van der Waals surface area contributed by atoms with E-state index < -0.39 is 0 Å². The third-order valence-electron chi connectivity index (χ3n) is 3.85. The van der Waals surface area contributed by atoms with E-state index >= 15 is 0 Å². The fourth-order valence-electron chi connectivity index (χ4n) is 2.47. The summed E-state index contributed by atoms with van der Waals surface area (Å²) in [5, 5.41) is 6.17. The minimum Gasteiger partial charge on any atom is -0.493 e. The number of carbonyl (C=O) groups excluding carboxylic acids is 1. The molecule has 3 rings (SSSR count). The Hall–Kier alpha value is -3.14. The average Bonchev–Trinajstić information content (AvgIpc) is 2.67. The number of fused-ring (bicyclic) bond motifs is 1. The van der Waals surface area contributed by atoms with E-state index in [-0.39, 0.29) is 5.91 Å². The fourth-order valence-corrected chi connectivity index (χ4v) is 2.47. The van der Waals surface area contributed by atoms with Gasteiger partial charge < -0.3 is 4.74 Å². The van der Waals surface area contributed by atoms with Gasteiger partial charge in [0.25, 0.3) is 5.91 Å². The van der Waals surface area contributed by atoms with E-state index in [0.29, 0.717) is 18.1 Å². The minimum atomic E-state index is -0.233. The molecule has 3 aromatic carbocycles. The van der Waals surface area contributed by atoms with Crippen molar-refractivity contribution in [3.05, 3.63) is 77.9 Å². The van der Waals surface area contributed by atoms with Gasteiger partial charge in [0.1, 0.15) is 5.75 Å². The number of nitrogens with one attached hydrogen (secondary N) is 1. The van der Waals surface area contributed by atoms with Crippen LogP contribution in [-0.2, 0) is 0 Å². The lowest BCUT2D eigenvalue weighted by atomic mass is 10.1. The number of nitrogens with zero attached hydrogens (tertiary/aromatic N) is 1. The Morgan fingerprint density at radius 2 is 1.77 bits per heavy atom. The lowest BCUT2D eigenvalue weighted by Crippen LogP contribution is -2.17. The second kappa shape index (κ2) is 8.30. The molecule has 0 saturated heterocycles. The van der Waals surface area contributed by atoms with Crippen molar-refractivity contribution in [2.45, 2.75) is 13.8 Å². The maximum absolute atomic E-state index is 12.2. The Morgan fingerprint density at radius 1 is 1.04 bits per heavy atom. The first-order chi connectivity index (χ1) is 12.6. The van der Waals surface area contributed by atoms with Gasteiger partial charge in [-0.25, -0.2) is 5.43 Å². The van der Waals surface area contributed by atoms with Crippen LogP contribution in [0.4, 0.5) is 0 Å². The van der Waals surface area contributed by atoms with Gasteiger partial charge in [0.2, 0.25) is 0 Å². The average molecular weight is 346 g/mol. The summed E-state index contributed by atoms with van der Waals surface area (Å²) in [4.78, 5) is 12.2. The van der Waals surface area contributed by atoms with Gasteiger partial charge in [-0.1, -0.05) is 44.2 Å². The van der Waals surface area contributed by atoms with Gasteiger partial charge in [-0.2, -0.15) is 5.10 Å². The largest absolute Gasteiger partial charge is 0.493 e. The first-order valence-electron chi connectivity index (χ1n) is 8.67. The summed E-state index contributed by atoms with van der Waals surface area (Å²) in [6.07, 6.45) is 1.62. The molecule has 4 heteroatoms. The quantitative estimate of drug-likeness (QED) is 0.522. The number of hydrazone groups is 1. The molecule has 0 radical (unpaired) electrons. The predicted molar refractivity (Wildman–Crippen MR) is 106 cm³/mol. The number of carbonyl (C=O) groups is 1. The topological polar surface area (TPSA) is 50.7 Å². The number of hydrogen-bond donors (Lipinski definition) is 1. The molecule has 0 atom stereocenters. The van der Waals surface area contributed by atoms with Crippen LogP contribution < -0.4 is 10.2 Å². The molecule has 0 aliphatic rings. The van der Waals surface area contributed by atoms with Crippen LogP contribution >= 0.6 is 0 Å². The molecule has 4 nitrogen and oxygen atoms in total. The lowest BCUT2D eigenvalue weighted by molar-refractivity contribution is 0.0955. The van der Waals surface area contributed by atoms with Crippen molar-refractivity contribution in [2.75, 3.05) is 6.61 Å². The van der Waals surface area contributed by atoms with E-state index in [1.54, 1.807) is 12.3 Å². The van der Waals surface area contributed by atoms with Crippen LogP contribution in [0.3, 0.4) is 0 Å². The molecular formula is C22H22N2O2. The van der Waals surface area contributed by atoms with Gasteiger partial charge in [-0.15, -0.1) is 0 Å². The van der Waals surface area contributed by atoms with E-state index in [4.69, 9.17) is 4.74 Å². The Kier molecular flexibility index (Phi) is 5.64. The molecule has 0 aliphatic heterocycles. The highest BCUT2D eigenvalue weighted by molar-refractivity contribution is 5.98. The van der Waals surface area contributed by atoms with E-state index in [1.807, 2.05) is 60.7 Å². The van der Waals surface area contributed by atoms with Crippen molar-refractivity contribution in [3.8, 4) is 5.75 Å². The zero-order valence-corrected chi connectivity index (χ0v) is 15.0. The second-order valence-corrected chi connectivity index (χ2v) is 6.53. The number of benzene rings is 3. The van der Waals surface area contributed by atoms with Crippen LogP contribution in [0.25, 0.3) is 10.8 Å². The molecule has 1 amide bonds. The highest BCUT2D eigenvalue weighted by atomic mass is 16.5. The van der Waals surface area contributed by atoms with Gasteiger partial charge in [0.05, 0.1) is 12.8 Å². The summed E-state index contributed by atoms with van der Waals surface area (Å²) in [6.45, 7) is 4.91. The number of rotatable bonds is 6. The molecule has 132 valence electrons. The number of ether oxygens (including phenoxy) is 1. The van der Waals surface area contributed by atoms with Crippen LogP contribution in [0.1, 0.15) is 29.8 Å². The van der Waals surface area contributed by atoms with Gasteiger partial charge in [-0.05, 0) is 58.7 Å². The molecule has 0 aromatic heterocycles. The molecular weight excluding hydrogens is 324 g/mol. The summed E-state index contributed by atoms with van der Waals surface area (Å²) in [7, 11) is 0. The van der Waals surface area contributed by atoms with Crippen molar-refractivity contribution in [2.24, 2.45) is 11.0 Å². The first-order valence-corrected chi connectivity index (χ1v) is 8.67. The van der Waals surface area contributed by atoms with Crippen LogP contribution in [-0.4, -0.2) is 18.7 Å². The van der Waals surface area contributed by atoms with E-state index in [0.717, 1.165) is 22.1 Å². The molecule has 0 saturated carbocycles. The number of hydrogen-bond acceptors (Lipinski definition) is 3. The fraction of sp³-hybridized carbons (Fsp3) is 0.182. The maximum atomic E-state index is 12.2. The molecule has 0 fully saturated rings. The molecule has 0 aliphatic carbocycles. The van der Waals surface area contributed by atoms with Crippen molar-refractivity contribution < 1.29 is 9.53 Å². The molecule has 0 unspecified atom stereocenters. The van der Waals surface area contributed by atoms with Crippen LogP contribution in [0.5, 0.6) is 5.75 Å². The first kappa shape index (κ1) is 17.7. The van der Waals surface area contributed by atoms with Gasteiger partial charge >= 0.3 is 0 Å². The molecule has 0 spiro atoms. The van der Waals surface area contributed by atoms with Crippen molar-refractivity contribution in [1.82, 2.24) is 5.43 Å². The third-order valence-corrected chi connectivity index (χ3v) is 3.85. The molecule has 26 heavy (non-hydrogen) atoms. The normalized spacial score (nSPS) is 11.2. The standard InChI is InChI=1S/C22H22N2O2/c1-16(2)15-26-21-11-7-17(8-12-21)14-23-24-22(25)20-10-9-18-5-3-4-6-19(18)13-20/h3-14,16H,15H2,1-2H3,(H,24,25)/b23-14-. The minimum absolute atomic E-state index is 0.233. The molecule has 1 N–H and O–H groups in total. The van der Waals surface area contributed by atoms with Gasteiger partial charge in [0, 0.05) is 5.56 Å². The molecule has 3 aromatic rings. The van der Waals surface area contributed by atoms with Crippen molar-refractivity contribution >= 4 is 22.9 Å². The second-order valence-electron chi connectivity index (χ2n) is 6.53. The van der Waals surface area contributed by atoms with Gasteiger partial charge in [0.15, 0.2) is 0 Å². The summed E-state index contributed by atoms with van der Waals surface area (Å²) >= 11 is 0. The molecule has 0 bridgehead atoms. The zero-order chi connectivity index (χ0) is 18.4.